The van der Waals surface area contributed by atoms with Crippen molar-refractivity contribution in [1.29, 1.82) is 0 Å². The van der Waals surface area contributed by atoms with Gasteiger partial charge in [0, 0.05) is 23.9 Å². The predicted molar refractivity (Wildman–Crippen MR) is 120 cm³/mol. The van der Waals surface area contributed by atoms with Gasteiger partial charge in [-0.15, -0.1) is 0 Å². The average molecular weight is 430 g/mol. The van der Waals surface area contributed by atoms with Crippen molar-refractivity contribution in [2.75, 3.05) is 20.6 Å². The molecule has 2 amide bonds. The number of carbonyl (C=O) groups is 3. The van der Waals surface area contributed by atoms with Crippen LogP contribution in [0.2, 0.25) is 0 Å². The van der Waals surface area contributed by atoms with Gasteiger partial charge in [-0.2, -0.15) is 12.6 Å². The molecule has 7 nitrogen and oxygen atoms in total. The van der Waals surface area contributed by atoms with Crippen molar-refractivity contribution in [2.24, 2.45) is 5.41 Å². The van der Waals surface area contributed by atoms with E-state index < -0.39 is 28.2 Å². The molecule has 0 aromatic carbocycles. The fraction of sp³-hybridized carbons (Fsp3) is 0.762. The average Bonchev–Trinajstić information content (AvgIpc) is 2.56. The van der Waals surface area contributed by atoms with E-state index in [-0.39, 0.29) is 18.4 Å². The van der Waals surface area contributed by atoms with E-state index >= 15 is 0 Å². The molecule has 2 unspecified atom stereocenters. The van der Waals surface area contributed by atoms with Crippen molar-refractivity contribution in [3.05, 3.63) is 11.6 Å². The zero-order valence-electron chi connectivity index (χ0n) is 19.1. The Bertz CT molecular complexity index is 606. The molecule has 168 valence electrons. The highest BCUT2D eigenvalue weighted by Crippen LogP contribution is 2.23. The van der Waals surface area contributed by atoms with E-state index in [4.69, 9.17) is 0 Å². The van der Waals surface area contributed by atoms with Crippen LogP contribution in [-0.2, 0) is 14.4 Å². The van der Waals surface area contributed by atoms with Gasteiger partial charge < -0.3 is 20.6 Å². The number of amides is 2. The number of nitrogens with zero attached hydrogens (tertiary/aromatic N) is 1. The third-order valence-corrected chi connectivity index (χ3v) is 4.98. The number of aliphatic carboxylic acids is 1. The fourth-order valence-corrected chi connectivity index (χ4v) is 3.15. The van der Waals surface area contributed by atoms with Gasteiger partial charge in [0.2, 0.25) is 11.8 Å². The highest BCUT2D eigenvalue weighted by atomic mass is 32.1. The van der Waals surface area contributed by atoms with Crippen LogP contribution in [0.15, 0.2) is 11.6 Å². The minimum atomic E-state index is -0.965. The Balaban J connectivity index is 5.45. The molecule has 0 saturated heterocycles. The number of rotatable bonds is 11. The van der Waals surface area contributed by atoms with Crippen LogP contribution in [0.25, 0.3) is 0 Å². The number of carboxylic acids is 1. The van der Waals surface area contributed by atoms with E-state index in [0.29, 0.717) is 12.0 Å². The van der Waals surface area contributed by atoms with Crippen molar-refractivity contribution < 1.29 is 19.5 Å². The second-order valence-corrected chi connectivity index (χ2v) is 10.2. The summed E-state index contributed by atoms with van der Waals surface area (Å²) in [5.41, 5.74) is -0.225. The van der Waals surface area contributed by atoms with E-state index in [9.17, 15) is 19.5 Å². The van der Waals surface area contributed by atoms with E-state index in [1.54, 1.807) is 20.2 Å². The van der Waals surface area contributed by atoms with Crippen molar-refractivity contribution in [3.63, 3.8) is 0 Å². The Labute approximate surface area is 181 Å². The second kappa shape index (κ2) is 11.6. The second-order valence-electron chi connectivity index (χ2n) is 9.04. The van der Waals surface area contributed by atoms with Gasteiger partial charge in [-0.25, -0.2) is 4.79 Å². The van der Waals surface area contributed by atoms with Crippen LogP contribution in [0.5, 0.6) is 0 Å². The third kappa shape index (κ3) is 9.21. The van der Waals surface area contributed by atoms with Crippen molar-refractivity contribution in [2.45, 2.75) is 77.6 Å². The Morgan fingerprint density at radius 2 is 1.69 bits per heavy atom. The Morgan fingerprint density at radius 3 is 2.07 bits per heavy atom. The third-order valence-electron chi connectivity index (χ3n) is 4.72. The highest BCUT2D eigenvalue weighted by Gasteiger charge is 2.38. The molecule has 0 radical (unpaired) electrons. The number of unbranched alkanes of at least 4 members (excludes halogenated alkanes) is 1. The lowest BCUT2D eigenvalue weighted by molar-refractivity contribution is -0.138. The molecule has 0 aromatic heterocycles. The molecular formula is C21H39N3O4S. The standard InChI is InChI=1S/C21H39N3O4S/c1-9-10-11-14(19(27)28)12-13-24(8)18(26)16(20(2,3)4)23-17(25)15(22-7)21(5,6)29/h12,15-16,22,29H,9-11,13H2,1-8H3,(H,23,25)(H,27,28)/b14-12+. The number of nitrogens with one attached hydrogen (secondary N) is 2. The van der Waals surface area contributed by atoms with Crippen LogP contribution in [0.3, 0.4) is 0 Å². The van der Waals surface area contributed by atoms with Crippen LogP contribution < -0.4 is 10.6 Å². The molecule has 0 aliphatic rings. The van der Waals surface area contributed by atoms with Gasteiger partial charge >= 0.3 is 5.97 Å². The Kier molecular flexibility index (Phi) is 11.0. The lowest BCUT2D eigenvalue weighted by Crippen LogP contribution is -2.60. The first-order valence-electron chi connectivity index (χ1n) is 10.0. The maximum atomic E-state index is 13.1. The maximum Gasteiger partial charge on any atom is 0.331 e. The van der Waals surface area contributed by atoms with E-state index in [1.165, 1.54) is 4.90 Å². The van der Waals surface area contributed by atoms with Crippen molar-refractivity contribution >= 4 is 30.4 Å². The summed E-state index contributed by atoms with van der Waals surface area (Å²) in [4.78, 5) is 38.7. The molecule has 0 bridgehead atoms. The summed E-state index contributed by atoms with van der Waals surface area (Å²) < 4.78 is -0.616. The molecule has 3 N–H and O–H groups in total. The predicted octanol–water partition coefficient (Wildman–Crippen LogP) is 2.47. The first-order valence-corrected chi connectivity index (χ1v) is 10.5. The fourth-order valence-electron chi connectivity index (χ4n) is 2.90. The van der Waals surface area contributed by atoms with Crippen LogP contribution in [0, 0.1) is 5.41 Å². The van der Waals surface area contributed by atoms with Crippen LogP contribution in [0.4, 0.5) is 0 Å². The number of carbonyl (C=O) groups excluding carboxylic acids is 2. The Hall–Kier alpha value is -1.54. The lowest BCUT2D eigenvalue weighted by Gasteiger charge is -2.36. The summed E-state index contributed by atoms with van der Waals surface area (Å²) in [5.74, 6) is -1.54. The summed E-state index contributed by atoms with van der Waals surface area (Å²) >= 11 is 4.48. The number of hydrogen-bond donors (Lipinski definition) is 4. The molecule has 0 aliphatic heterocycles. The normalized spacial score (nSPS) is 14.9. The molecule has 0 rings (SSSR count). The number of carboxylic acid groups (broad SMARTS) is 1. The molecule has 29 heavy (non-hydrogen) atoms. The first-order chi connectivity index (χ1) is 13.2. The zero-order chi connectivity index (χ0) is 23.0. The molecule has 0 saturated carbocycles. The minimum Gasteiger partial charge on any atom is -0.478 e. The topological polar surface area (TPSA) is 98.7 Å². The van der Waals surface area contributed by atoms with E-state index in [2.05, 4.69) is 23.3 Å². The molecular weight excluding hydrogens is 390 g/mol. The maximum absolute atomic E-state index is 13.1. The molecule has 0 fully saturated rings. The monoisotopic (exact) mass is 429 g/mol. The molecule has 0 spiro atoms. The van der Waals surface area contributed by atoms with Gasteiger partial charge in [0.15, 0.2) is 0 Å². The lowest BCUT2D eigenvalue weighted by atomic mass is 9.85. The summed E-state index contributed by atoms with van der Waals surface area (Å²) in [6.07, 6.45) is 3.71. The van der Waals surface area contributed by atoms with Gasteiger partial charge in [-0.1, -0.05) is 40.2 Å². The summed E-state index contributed by atoms with van der Waals surface area (Å²) in [6.45, 7) is 11.4. The Morgan fingerprint density at radius 1 is 1.14 bits per heavy atom. The number of thiol groups is 1. The molecule has 0 aromatic rings. The van der Waals surface area contributed by atoms with Crippen molar-refractivity contribution in [1.82, 2.24) is 15.5 Å². The van der Waals surface area contributed by atoms with E-state index in [0.717, 1.165) is 12.8 Å². The largest absolute Gasteiger partial charge is 0.478 e. The quantitative estimate of drug-likeness (QED) is 0.299. The van der Waals surface area contributed by atoms with Gasteiger partial charge in [0.25, 0.3) is 0 Å². The summed E-state index contributed by atoms with van der Waals surface area (Å²) in [5, 5.41) is 15.1. The van der Waals surface area contributed by atoms with Crippen molar-refractivity contribution in [3.8, 4) is 0 Å². The van der Waals surface area contributed by atoms with Gasteiger partial charge in [0.1, 0.15) is 12.1 Å². The van der Waals surface area contributed by atoms with Gasteiger partial charge in [-0.05, 0) is 39.2 Å². The van der Waals surface area contributed by atoms with Gasteiger partial charge in [-0.3, -0.25) is 9.59 Å². The SMILES string of the molecule is CCCC/C(=C\CN(C)C(=O)C(NC(=O)C(NC)C(C)(C)S)C(C)(C)C)C(=O)O. The smallest absolute Gasteiger partial charge is 0.331 e. The molecule has 0 heterocycles. The van der Waals surface area contributed by atoms with Crippen LogP contribution in [-0.4, -0.2) is 65.3 Å². The minimum absolute atomic E-state index is 0.167. The summed E-state index contributed by atoms with van der Waals surface area (Å²) in [7, 11) is 3.29. The molecule has 2 atom stereocenters. The summed E-state index contributed by atoms with van der Waals surface area (Å²) in [6, 6.07) is -1.34. The highest BCUT2D eigenvalue weighted by molar-refractivity contribution is 7.81. The zero-order valence-corrected chi connectivity index (χ0v) is 20.0. The molecule has 0 aliphatic carbocycles. The van der Waals surface area contributed by atoms with Gasteiger partial charge in [0.05, 0.1) is 0 Å². The van der Waals surface area contributed by atoms with Crippen LogP contribution in [0.1, 0.15) is 60.8 Å². The molecule has 8 heteroatoms. The number of hydrogen-bond acceptors (Lipinski definition) is 5. The van der Waals surface area contributed by atoms with E-state index in [1.807, 2.05) is 41.5 Å². The van der Waals surface area contributed by atoms with Crippen LogP contribution >= 0.6 is 12.6 Å². The number of likely N-dealkylation sites (N-methyl/N-ethyl adjacent to an activating group) is 2. The first kappa shape index (κ1) is 27.5.